The highest BCUT2D eigenvalue weighted by Gasteiger charge is 2.25. The molecule has 156 valence electrons. The molecule has 0 aliphatic heterocycles. The highest BCUT2D eigenvalue weighted by atomic mass is 16.6. The lowest BCUT2D eigenvalue weighted by Crippen LogP contribution is -2.44. The third-order valence-corrected chi connectivity index (χ3v) is 4.39. The van der Waals surface area contributed by atoms with Crippen LogP contribution in [0.3, 0.4) is 0 Å². The average Bonchev–Trinajstić information content (AvgIpc) is 2.64. The molecule has 9 heteroatoms. The molecule has 0 saturated heterocycles. The van der Waals surface area contributed by atoms with Crippen molar-refractivity contribution in [2.75, 3.05) is 5.32 Å². The van der Waals surface area contributed by atoms with Gasteiger partial charge in [-0.25, -0.2) is 9.59 Å². The van der Waals surface area contributed by atoms with Crippen LogP contribution in [-0.4, -0.2) is 24.1 Å². The van der Waals surface area contributed by atoms with Gasteiger partial charge in [0.15, 0.2) is 6.23 Å². The maximum Gasteiger partial charge on any atom is 0.406 e. The minimum Gasteiger partial charge on any atom is -0.426 e. The van der Waals surface area contributed by atoms with Gasteiger partial charge in [-0.3, -0.25) is 9.59 Å². The van der Waals surface area contributed by atoms with E-state index < -0.39 is 35.7 Å². The Labute approximate surface area is 167 Å². The van der Waals surface area contributed by atoms with Crippen molar-refractivity contribution in [1.29, 1.82) is 0 Å². The van der Waals surface area contributed by atoms with Crippen molar-refractivity contribution in [3.8, 4) is 0 Å². The highest BCUT2D eigenvalue weighted by molar-refractivity contribution is 6.06. The fourth-order valence-electron chi connectivity index (χ4n) is 2.75. The smallest absolute Gasteiger partial charge is 0.406 e. The number of fused-ring (bicyclic) bond motifs is 1. The lowest BCUT2D eigenvalue weighted by atomic mass is 10.1. The lowest BCUT2D eigenvalue weighted by molar-refractivity contribution is -0.133. The molecule has 2 rings (SSSR count). The van der Waals surface area contributed by atoms with E-state index in [1.807, 2.05) is 6.92 Å². The number of unbranched alkanes of at least 4 members (excludes halogenated alkanes) is 1. The Kier molecular flexibility index (Phi) is 7.35. The van der Waals surface area contributed by atoms with E-state index >= 15 is 0 Å². The van der Waals surface area contributed by atoms with Crippen molar-refractivity contribution < 1.29 is 23.5 Å². The number of hydrogen-bond donors (Lipinski definition) is 3. The molecular weight excluding hydrogens is 378 g/mol. The number of rotatable bonds is 8. The van der Waals surface area contributed by atoms with Crippen LogP contribution in [-0.2, 0) is 14.3 Å². The first kappa shape index (κ1) is 21.9. The molecule has 0 fully saturated rings. The summed E-state index contributed by atoms with van der Waals surface area (Å²) < 4.78 is 10.0. The molecule has 0 aliphatic carbocycles. The second-order valence-corrected chi connectivity index (χ2v) is 6.75. The molecule has 2 unspecified atom stereocenters. The van der Waals surface area contributed by atoms with Crippen LogP contribution >= 0.6 is 0 Å². The monoisotopic (exact) mass is 403 g/mol. The molecule has 2 aromatic rings. The van der Waals surface area contributed by atoms with Crippen LogP contribution in [0.5, 0.6) is 0 Å². The molecule has 4 N–H and O–H groups in total. The molecule has 0 bridgehead atoms. The largest absolute Gasteiger partial charge is 0.426 e. The number of aryl methyl sites for hydroxylation is 1. The predicted molar refractivity (Wildman–Crippen MR) is 107 cm³/mol. The zero-order chi connectivity index (χ0) is 21.6. The van der Waals surface area contributed by atoms with Gasteiger partial charge in [0.2, 0.25) is 11.8 Å². The van der Waals surface area contributed by atoms with Gasteiger partial charge in [0.1, 0.15) is 11.5 Å². The van der Waals surface area contributed by atoms with Gasteiger partial charge in [0.25, 0.3) is 0 Å². The fourth-order valence-corrected chi connectivity index (χ4v) is 2.75. The molecular formula is C20H25N3O6. The van der Waals surface area contributed by atoms with Crippen LogP contribution in [0, 0.1) is 12.8 Å². The van der Waals surface area contributed by atoms with Crippen molar-refractivity contribution in [3.05, 3.63) is 40.2 Å². The summed E-state index contributed by atoms with van der Waals surface area (Å²) >= 11 is 0. The molecule has 1 aromatic carbocycles. The number of anilines is 1. The Morgan fingerprint density at radius 2 is 1.93 bits per heavy atom. The minimum atomic E-state index is -1.06. The summed E-state index contributed by atoms with van der Waals surface area (Å²) in [7, 11) is 0. The van der Waals surface area contributed by atoms with E-state index in [9.17, 15) is 19.2 Å². The normalized spacial score (nSPS) is 12.8. The van der Waals surface area contributed by atoms with Gasteiger partial charge in [0, 0.05) is 29.6 Å². The number of amides is 3. The summed E-state index contributed by atoms with van der Waals surface area (Å²) in [6, 6.07) is 6.27. The van der Waals surface area contributed by atoms with Crippen molar-refractivity contribution in [2.24, 2.45) is 11.7 Å². The van der Waals surface area contributed by atoms with Crippen molar-refractivity contribution in [3.63, 3.8) is 0 Å². The van der Waals surface area contributed by atoms with Gasteiger partial charge in [-0.15, -0.1) is 0 Å². The van der Waals surface area contributed by atoms with E-state index in [2.05, 4.69) is 10.6 Å². The molecule has 2 atom stereocenters. The molecule has 0 spiro atoms. The Morgan fingerprint density at radius 1 is 1.21 bits per heavy atom. The molecule has 9 nitrogen and oxygen atoms in total. The number of nitrogens with one attached hydrogen (secondary N) is 2. The van der Waals surface area contributed by atoms with Crippen LogP contribution in [0.1, 0.15) is 38.7 Å². The topological polar surface area (TPSA) is 141 Å². The Morgan fingerprint density at radius 3 is 2.59 bits per heavy atom. The Bertz CT molecular complexity index is 968. The SMILES string of the molecule is CCCCC(NC(=O)C(C)C(=O)Nc1ccc2c(C)cc(=O)oc2c1)OC(N)=O. The van der Waals surface area contributed by atoms with Crippen molar-refractivity contribution >= 4 is 34.6 Å². The van der Waals surface area contributed by atoms with Gasteiger partial charge in [-0.2, -0.15) is 0 Å². The lowest BCUT2D eigenvalue weighted by Gasteiger charge is -2.20. The van der Waals surface area contributed by atoms with Crippen LogP contribution < -0.4 is 22.0 Å². The predicted octanol–water partition coefficient (Wildman–Crippen LogP) is 2.40. The van der Waals surface area contributed by atoms with E-state index in [0.717, 1.165) is 17.4 Å². The quantitative estimate of drug-likeness (QED) is 0.351. The molecule has 0 saturated carbocycles. The zero-order valence-electron chi connectivity index (χ0n) is 16.6. The van der Waals surface area contributed by atoms with Gasteiger partial charge in [0.05, 0.1) is 0 Å². The number of hydrogen-bond acceptors (Lipinski definition) is 6. The van der Waals surface area contributed by atoms with Gasteiger partial charge in [-0.05, 0) is 38.0 Å². The molecule has 3 amide bonds. The summed E-state index contributed by atoms with van der Waals surface area (Å²) in [5.41, 5.74) is 6.01. The summed E-state index contributed by atoms with van der Waals surface area (Å²) in [5, 5.41) is 5.87. The fraction of sp³-hybridized carbons (Fsp3) is 0.400. The van der Waals surface area contributed by atoms with Crippen LogP contribution in [0.15, 0.2) is 33.5 Å². The first-order valence-electron chi connectivity index (χ1n) is 9.33. The number of benzene rings is 1. The van der Waals surface area contributed by atoms with E-state index in [1.54, 1.807) is 19.1 Å². The Hall–Kier alpha value is -3.36. The standard InChI is InChI=1S/C20H25N3O6/c1-4-5-6-16(29-20(21)27)23-19(26)12(3)18(25)22-13-7-8-14-11(2)9-17(24)28-15(14)10-13/h7-10,12,16H,4-6H2,1-3H3,(H2,21,27)(H,22,25)(H,23,26). The number of nitrogens with two attached hydrogens (primary N) is 1. The molecule has 1 aromatic heterocycles. The van der Waals surface area contributed by atoms with Crippen molar-refractivity contribution in [2.45, 2.75) is 46.3 Å². The van der Waals surface area contributed by atoms with E-state index in [1.165, 1.54) is 19.1 Å². The third-order valence-electron chi connectivity index (χ3n) is 4.39. The van der Waals surface area contributed by atoms with Crippen LogP contribution in [0.2, 0.25) is 0 Å². The second-order valence-electron chi connectivity index (χ2n) is 6.75. The van der Waals surface area contributed by atoms with E-state index in [-0.39, 0.29) is 0 Å². The number of ether oxygens (including phenoxy) is 1. The van der Waals surface area contributed by atoms with Gasteiger partial charge in [-0.1, -0.05) is 13.3 Å². The maximum absolute atomic E-state index is 12.4. The Balaban J connectivity index is 2.07. The summed E-state index contributed by atoms with van der Waals surface area (Å²) in [6.45, 7) is 5.16. The van der Waals surface area contributed by atoms with Gasteiger partial charge < -0.3 is 25.5 Å². The highest BCUT2D eigenvalue weighted by Crippen LogP contribution is 2.21. The van der Waals surface area contributed by atoms with Crippen LogP contribution in [0.4, 0.5) is 10.5 Å². The molecule has 29 heavy (non-hydrogen) atoms. The second kappa shape index (κ2) is 9.72. The average molecular weight is 403 g/mol. The maximum atomic E-state index is 12.4. The minimum absolute atomic E-state index is 0.333. The van der Waals surface area contributed by atoms with E-state index in [0.29, 0.717) is 24.1 Å². The number of carbonyl (C=O) groups excluding carboxylic acids is 3. The summed E-state index contributed by atoms with van der Waals surface area (Å²) in [6.07, 6.45) is 0.0372. The summed E-state index contributed by atoms with van der Waals surface area (Å²) in [4.78, 5) is 47.3. The molecule has 0 aliphatic rings. The third kappa shape index (κ3) is 6.06. The molecule has 1 heterocycles. The van der Waals surface area contributed by atoms with E-state index in [4.69, 9.17) is 14.9 Å². The summed E-state index contributed by atoms with van der Waals surface area (Å²) in [5.74, 6) is -2.23. The van der Waals surface area contributed by atoms with Gasteiger partial charge >= 0.3 is 11.7 Å². The molecule has 0 radical (unpaired) electrons. The van der Waals surface area contributed by atoms with Crippen molar-refractivity contribution in [1.82, 2.24) is 5.32 Å². The first-order valence-corrected chi connectivity index (χ1v) is 9.33. The zero-order valence-corrected chi connectivity index (χ0v) is 16.6. The van der Waals surface area contributed by atoms with Crippen LogP contribution in [0.25, 0.3) is 11.0 Å². The number of primary amides is 1. The first-order chi connectivity index (χ1) is 13.7. The number of carbonyl (C=O) groups is 3.